The lowest BCUT2D eigenvalue weighted by Gasteiger charge is -2.08. The number of carbonyl (C=O) groups is 1. The van der Waals surface area contributed by atoms with Crippen molar-refractivity contribution in [3.8, 4) is 0 Å². The zero-order valence-electron chi connectivity index (χ0n) is 10.4. The zero-order valence-corrected chi connectivity index (χ0v) is 12.7. The normalized spacial score (nSPS) is 10.5. The Kier molecular flexibility index (Phi) is 4.81. The van der Waals surface area contributed by atoms with E-state index in [-0.39, 0.29) is 0 Å². The maximum absolute atomic E-state index is 11.1. The highest BCUT2D eigenvalue weighted by molar-refractivity contribution is 7.98. The number of anilines is 1. The van der Waals surface area contributed by atoms with E-state index in [2.05, 4.69) is 0 Å². The molecule has 0 bridgehead atoms. The molecule has 0 saturated carbocycles. The highest BCUT2D eigenvalue weighted by Crippen LogP contribution is 2.33. The number of nitrogen functional groups attached to an aromatic ring is 1. The third-order valence-corrected chi connectivity index (χ3v) is 4.49. The number of rotatable bonds is 4. The molecule has 0 aromatic heterocycles. The Labute approximate surface area is 131 Å². The van der Waals surface area contributed by atoms with E-state index in [1.807, 2.05) is 6.07 Å². The molecule has 6 heteroatoms. The number of thioether (sulfide) groups is 1. The van der Waals surface area contributed by atoms with E-state index in [1.165, 1.54) is 11.8 Å². The minimum Gasteiger partial charge on any atom is -0.398 e. The lowest BCUT2D eigenvalue weighted by atomic mass is 10.1. The van der Waals surface area contributed by atoms with Gasteiger partial charge in [0.05, 0.1) is 5.02 Å². The van der Waals surface area contributed by atoms with E-state index in [0.717, 1.165) is 10.5 Å². The van der Waals surface area contributed by atoms with Crippen molar-refractivity contribution >= 4 is 46.6 Å². The van der Waals surface area contributed by atoms with E-state index < -0.39 is 5.91 Å². The van der Waals surface area contributed by atoms with Crippen LogP contribution in [-0.4, -0.2) is 5.91 Å². The van der Waals surface area contributed by atoms with Gasteiger partial charge in [-0.3, -0.25) is 4.79 Å². The highest BCUT2D eigenvalue weighted by Gasteiger charge is 2.07. The molecule has 0 saturated heterocycles. The molecule has 0 unspecified atom stereocenters. The van der Waals surface area contributed by atoms with Crippen LogP contribution in [0.25, 0.3) is 0 Å². The maximum atomic E-state index is 11.1. The smallest absolute Gasteiger partial charge is 0.248 e. The molecular formula is C14H12Cl2N2OS. The van der Waals surface area contributed by atoms with Crippen molar-refractivity contribution in [3.05, 3.63) is 57.6 Å². The number of amides is 1. The summed E-state index contributed by atoms with van der Waals surface area (Å²) in [5.41, 5.74) is 13.0. The first-order valence-corrected chi connectivity index (χ1v) is 7.47. The predicted octanol–water partition coefficient (Wildman–Crippen LogP) is 3.97. The van der Waals surface area contributed by atoms with Gasteiger partial charge in [0.25, 0.3) is 0 Å². The molecule has 0 heterocycles. The molecule has 0 atom stereocenters. The number of primary amides is 1. The number of benzene rings is 2. The number of hydrogen-bond acceptors (Lipinski definition) is 3. The van der Waals surface area contributed by atoms with Crippen molar-refractivity contribution in [1.29, 1.82) is 0 Å². The van der Waals surface area contributed by atoms with E-state index in [0.29, 0.717) is 27.0 Å². The van der Waals surface area contributed by atoms with Gasteiger partial charge >= 0.3 is 0 Å². The van der Waals surface area contributed by atoms with Crippen molar-refractivity contribution < 1.29 is 4.79 Å². The van der Waals surface area contributed by atoms with Crippen molar-refractivity contribution in [2.24, 2.45) is 5.73 Å². The van der Waals surface area contributed by atoms with Gasteiger partial charge in [0.2, 0.25) is 5.91 Å². The van der Waals surface area contributed by atoms with E-state index >= 15 is 0 Å². The van der Waals surface area contributed by atoms with Gasteiger partial charge in [-0.15, -0.1) is 11.8 Å². The second kappa shape index (κ2) is 6.39. The van der Waals surface area contributed by atoms with Crippen molar-refractivity contribution in [3.63, 3.8) is 0 Å². The summed E-state index contributed by atoms with van der Waals surface area (Å²) < 4.78 is 0. The standard InChI is InChI=1S/C14H12Cl2N2OS/c15-10-3-4-11(16)13(6-10)20-7-9-2-1-8(14(18)19)5-12(9)17/h1-6H,7,17H2,(H2,18,19). The molecule has 0 fully saturated rings. The zero-order chi connectivity index (χ0) is 14.7. The lowest BCUT2D eigenvalue weighted by molar-refractivity contribution is 0.100. The van der Waals surface area contributed by atoms with Crippen molar-refractivity contribution in [2.75, 3.05) is 5.73 Å². The van der Waals surface area contributed by atoms with Crippen LogP contribution in [0.3, 0.4) is 0 Å². The Bertz CT molecular complexity index is 662. The summed E-state index contributed by atoms with van der Waals surface area (Å²) in [4.78, 5) is 11.9. The van der Waals surface area contributed by atoms with Crippen LogP contribution in [0.4, 0.5) is 5.69 Å². The molecule has 20 heavy (non-hydrogen) atoms. The first-order valence-electron chi connectivity index (χ1n) is 5.73. The van der Waals surface area contributed by atoms with Crippen molar-refractivity contribution in [2.45, 2.75) is 10.6 Å². The van der Waals surface area contributed by atoms with Crippen LogP contribution < -0.4 is 11.5 Å². The fourth-order valence-electron chi connectivity index (χ4n) is 1.62. The molecule has 2 aromatic carbocycles. The minimum absolute atomic E-state index is 0.400. The fraction of sp³-hybridized carbons (Fsp3) is 0.0714. The Hall–Kier alpha value is -1.36. The van der Waals surface area contributed by atoms with E-state index in [9.17, 15) is 4.79 Å². The summed E-state index contributed by atoms with van der Waals surface area (Å²) in [6.07, 6.45) is 0. The van der Waals surface area contributed by atoms with Crippen LogP contribution >= 0.6 is 35.0 Å². The summed E-state index contributed by atoms with van der Waals surface area (Å²) in [6, 6.07) is 10.3. The predicted molar refractivity (Wildman–Crippen MR) is 85.4 cm³/mol. The monoisotopic (exact) mass is 326 g/mol. The average molecular weight is 327 g/mol. The van der Waals surface area contributed by atoms with Gasteiger partial charge in [0.15, 0.2) is 0 Å². The Morgan fingerprint density at radius 3 is 2.55 bits per heavy atom. The Balaban J connectivity index is 2.15. The highest BCUT2D eigenvalue weighted by atomic mass is 35.5. The molecule has 3 nitrogen and oxygen atoms in total. The van der Waals surface area contributed by atoms with Crippen LogP contribution in [0, 0.1) is 0 Å². The second-order valence-electron chi connectivity index (χ2n) is 4.14. The first-order chi connectivity index (χ1) is 9.47. The third kappa shape index (κ3) is 3.60. The van der Waals surface area contributed by atoms with E-state index in [1.54, 1.807) is 30.3 Å². The number of carbonyl (C=O) groups excluding carboxylic acids is 1. The molecule has 104 valence electrons. The van der Waals surface area contributed by atoms with Gasteiger partial charge < -0.3 is 11.5 Å². The summed E-state index contributed by atoms with van der Waals surface area (Å²) in [5.74, 6) is 0.138. The van der Waals surface area contributed by atoms with Crippen LogP contribution in [0.5, 0.6) is 0 Å². The molecule has 0 aliphatic heterocycles. The van der Waals surface area contributed by atoms with E-state index in [4.69, 9.17) is 34.7 Å². The van der Waals surface area contributed by atoms with Gasteiger partial charge in [-0.2, -0.15) is 0 Å². The SMILES string of the molecule is NC(=O)c1ccc(CSc2cc(Cl)ccc2Cl)c(N)c1. The van der Waals surface area contributed by atoms with Crippen LogP contribution in [0.1, 0.15) is 15.9 Å². The molecule has 2 aromatic rings. The molecule has 0 aliphatic rings. The maximum Gasteiger partial charge on any atom is 0.248 e. The fourth-order valence-corrected chi connectivity index (χ4v) is 3.13. The van der Waals surface area contributed by atoms with Gasteiger partial charge in [-0.1, -0.05) is 29.3 Å². The molecule has 0 aliphatic carbocycles. The van der Waals surface area contributed by atoms with Gasteiger partial charge in [0, 0.05) is 26.9 Å². The summed E-state index contributed by atoms with van der Waals surface area (Å²) in [7, 11) is 0. The lowest BCUT2D eigenvalue weighted by Crippen LogP contribution is -2.11. The molecule has 1 amide bonds. The summed E-state index contributed by atoms with van der Waals surface area (Å²) in [5, 5.41) is 1.28. The average Bonchev–Trinajstić information content (AvgIpc) is 2.40. The van der Waals surface area contributed by atoms with Crippen LogP contribution in [-0.2, 0) is 5.75 Å². The topological polar surface area (TPSA) is 69.1 Å². The number of halogens is 2. The molecule has 2 rings (SSSR count). The molecule has 0 spiro atoms. The van der Waals surface area contributed by atoms with Gasteiger partial charge in [0.1, 0.15) is 0 Å². The Morgan fingerprint density at radius 2 is 1.90 bits per heavy atom. The molecule has 4 N–H and O–H groups in total. The number of nitrogens with two attached hydrogens (primary N) is 2. The van der Waals surface area contributed by atoms with Crippen LogP contribution in [0.15, 0.2) is 41.3 Å². The third-order valence-electron chi connectivity index (χ3n) is 2.71. The Morgan fingerprint density at radius 1 is 1.15 bits per heavy atom. The summed E-state index contributed by atoms with van der Waals surface area (Å²) in [6.45, 7) is 0. The quantitative estimate of drug-likeness (QED) is 0.659. The number of hydrogen-bond donors (Lipinski definition) is 2. The van der Waals surface area contributed by atoms with Crippen molar-refractivity contribution in [1.82, 2.24) is 0 Å². The molecule has 0 radical (unpaired) electrons. The second-order valence-corrected chi connectivity index (χ2v) is 6.00. The van der Waals surface area contributed by atoms with Crippen LogP contribution in [0.2, 0.25) is 10.0 Å². The molecular weight excluding hydrogens is 315 g/mol. The van der Waals surface area contributed by atoms with Gasteiger partial charge in [-0.25, -0.2) is 0 Å². The van der Waals surface area contributed by atoms with Gasteiger partial charge in [-0.05, 0) is 35.9 Å². The summed E-state index contributed by atoms with van der Waals surface area (Å²) >= 11 is 13.6. The first kappa shape index (κ1) is 15.0. The largest absolute Gasteiger partial charge is 0.398 e. The minimum atomic E-state index is -0.492.